The second-order valence-corrected chi connectivity index (χ2v) is 4.51. The molecule has 0 saturated heterocycles. The normalized spacial score (nSPS) is 15.4. The van der Waals surface area contributed by atoms with Crippen LogP contribution in [0.3, 0.4) is 0 Å². The molecule has 1 nitrogen and oxygen atoms in total. The molecule has 0 aliphatic carbocycles. The maximum Gasteiger partial charge on any atom is 0.396 e. The largest absolute Gasteiger partial charge is 0.396 e. The molecule has 0 fully saturated rings. The van der Waals surface area contributed by atoms with Crippen LogP contribution in [0.15, 0.2) is 0 Å². The maximum absolute atomic E-state index is 12.5. The number of rotatable bonds is 6. The van der Waals surface area contributed by atoms with E-state index in [1.807, 2.05) is 13.8 Å². The highest BCUT2D eigenvalue weighted by Gasteiger charge is 2.47. The molecule has 0 rings (SSSR count). The van der Waals surface area contributed by atoms with Crippen LogP contribution in [0.25, 0.3) is 0 Å². The maximum atomic E-state index is 12.5. The molecule has 15 heavy (non-hydrogen) atoms. The van der Waals surface area contributed by atoms with Crippen LogP contribution in [-0.4, -0.2) is 18.9 Å². The number of alkyl halides is 3. The van der Waals surface area contributed by atoms with Gasteiger partial charge in [-0.05, 0) is 26.7 Å². The molecule has 4 heteroatoms. The zero-order chi connectivity index (χ0) is 12.1. The Morgan fingerprint density at radius 1 is 1.13 bits per heavy atom. The Balaban J connectivity index is 4.12. The van der Waals surface area contributed by atoms with Crippen molar-refractivity contribution in [1.82, 2.24) is 0 Å². The lowest BCUT2D eigenvalue weighted by Gasteiger charge is -2.29. The lowest BCUT2D eigenvalue weighted by atomic mass is 9.94. The average molecular weight is 226 g/mol. The Kier molecular flexibility index (Phi) is 5.63. The van der Waals surface area contributed by atoms with Crippen molar-refractivity contribution < 1.29 is 17.9 Å². The third kappa shape index (κ3) is 4.87. The minimum absolute atomic E-state index is 0.0448. The number of hydrogen-bond acceptors (Lipinski definition) is 1. The summed E-state index contributed by atoms with van der Waals surface area (Å²) >= 11 is 0. The van der Waals surface area contributed by atoms with Crippen LogP contribution in [-0.2, 0) is 4.74 Å². The first-order valence-corrected chi connectivity index (χ1v) is 5.43. The van der Waals surface area contributed by atoms with E-state index in [4.69, 9.17) is 4.74 Å². The predicted molar refractivity (Wildman–Crippen MR) is 54.8 cm³/mol. The van der Waals surface area contributed by atoms with E-state index in [0.29, 0.717) is 0 Å². The van der Waals surface area contributed by atoms with E-state index in [2.05, 4.69) is 0 Å². The van der Waals surface area contributed by atoms with Crippen molar-refractivity contribution in [3.8, 4) is 0 Å². The number of halogens is 3. The van der Waals surface area contributed by atoms with Gasteiger partial charge in [-0.1, -0.05) is 20.3 Å². The summed E-state index contributed by atoms with van der Waals surface area (Å²) in [5.74, 6) is 0. The van der Waals surface area contributed by atoms with E-state index in [9.17, 15) is 13.2 Å². The average Bonchev–Trinajstić information content (AvgIpc) is 2.10. The lowest BCUT2D eigenvalue weighted by molar-refractivity contribution is -0.231. The van der Waals surface area contributed by atoms with E-state index in [1.165, 1.54) is 13.8 Å². The Labute approximate surface area is 90.0 Å². The Bertz CT molecular complexity index is 175. The summed E-state index contributed by atoms with van der Waals surface area (Å²) in [5, 5.41) is 0. The van der Waals surface area contributed by atoms with E-state index >= 15 is 0 Å². The molecule has 0 aromatic rings. The highest BCUT2D eigenvalue weighted by molar-refractivity contribution is 4.77. The molecule has 0 radical (unpaired) electrons. The molecule has 0 spiro atoms. The summed E-state index contributed by atoms with van der Waals surface area (Å²) in [6, 6.07) is 0. The van der Waals surface area contributed by atoms with Crippen LogP contribution >= 0.6 is 0 Å². The topological polar surface area (TPSA) is 9.23 Å². The first-order valence-electron chi connectivity index (χ1n) is 5.43. The van der Waals surface area contributed by atoms with Gasteiger partial charge < -0.3 is 4.74 Å². The lowest BCUT2D eigenvalue weighted by Crippen LogP contribution is -2.37. The number of ether oxygens (including phenoxy) is 1. The van der Waals surface area contributed by atoms with Crippen molar-refractivity contribution in [3.05, 3.63) is 0 Å². The summed E-state index contributed by atoms with van der Waals surface area (Å²) in [4.78, 5) is 0. The van der Waals surface area contributed by atoms with Crippen molar-refractivity contribution in [2.45, 2.75) is 59.2 Å². The molecule has 0 heterocycles. The quantitative estimate of drug-likeness (QED) is 0.660. The minimum atomic E-state index is -4.20. The Hall–Kier alpha value is -0.250. The van der Waals surface area contributed by atoms with Crippen molar-refractivity contribution >= 4 is 0 Å². The Morgan fingerprint density at radius 2 is 1.67 bits per heavy atom. The van der Waals surface area contributed by atoms with Crippen LogP contribution in [0, 0.1) is 5.41 Å². The van der Waals surface area contributed by atoms with Gasteiger partial charge in [-0.15, -0.1) is 0 Å². The van der Waals surface area contributed by atoms with Crippen LogP contribution in [0.5, 0.6) is 0 Å². The van der Waals surface area contributed by atoms with Crippen molar-refractivity contribution in [2.75, 3.05) is 6.61 Å². The standard InChI is InChI=1S/C11H21F3O/c1-5-7-9(6-2)15-8-10(3,4)11(12,13)14/h9H,5-8H2,1-4H3. The van der Waals surface area contributed by atoms with Crippen molar-refractivity contribution in [1.29, 1.82) is 0 Å². The molecule has 0 bridgehead atoms. The molecular weight excluding hydrogens is 205 g/mol. The molecular formula is C11H21F3O. The predicted octanol–water partition coefficient (Wildman–Crippen LogP) is 4.17. The third-order valence-electron chi connectivity index (χ3n) is 2.51. The second kappa shape index (κ2) is 5.73. The van der Waals surface area contributed by atoms with Crippen molar-refractivity contribution in [2.24, 2.45) is 5.41 Å². The second-order valence-electron chi connectivity index (χ2n) is 4.51. The van der Waals surface area contributed by atoms with E-state index < -0.39 is 11.6 Å². The van der Waals surface area contributed by atoms with Gasteiger partial charge in [0.1, 0.15) is 0 Å². The van der Waals surface area contributed by atoms with Gasteiger partial charge in [0.15, 0.2) is 0 Å². The summed E-state index contributed by atoms with van der Waals surface area (Å²) in [6.45, 7) is 6.02. The van der Waals surface area contributed by atoms with Crippen LogP contribution in [0.2, 0.25) is 0 Å². The minimum Gasteiger partial charge on any atom is -0.377 e. The molecule has 0 aliphatic rings. The fourth-order valence-electron chi connectivity index (χ4n) is 1.14. The molecule has 0 saturated carbocycles. The van der Waals surface area contributed by atoms with Crippen LogP contribution < -0.4 is 0 Å². The zero-order valence-corrected chi connectivity index (χ0v) is 9.95. The van der Waals surface area contributed by atoms with Gasteiger partial charge in [0, 0.05) is 0 Å². The fraction of sp³-hybridized carbons (Fsp3) is 1.00. The summed E-state index contributed by atoms with van der Waals surface area (Å²) in [7, 11) is 0. The zero-order valence-electron chi connectivity index (χ0n) is 9.95. The van der Waals surface area contributed by atoms with Gasteiger partial charge in [0.25, 0.3) is 0 Å². The Morgan fingerprint density at radius 3 is 2.00 bits per heavy atom. The first-order chi connectivity index (χ1) is 6.74. The molecule has 0 aliphatic heterocycles. The summed E-state index contributed by atoms with van der Waals surface area (Å²) in [6.07, 6.45) is -1.72. The molecule has 0 aromatic heterocycles. The fourth-order valence-corrected chi connectivity index (χ4v) is 1.14. The molecule has 0 aromatic carbocycles. The first kappa shape index (κ1) is 14.8. The molecule has 1 unspecified atom stereocenters. The highest BCUT2D eigenvalue weighted by atomic mass is 19.4. The van der Waals surface area contributed by atoms with Crippen molar-refractivity contribution in [3.63, 3.8) is 0 Å². The van der Waals surface area contributed by atoms with Gasteiger partial charge in [-0.3, -0.25) is 0 Å². The van der Waals surface area contributed by atoms with Gasteiger partial charge in [-0.2, -0.15) is 13.2 Å². The van der Waals surface area contributed by atoms with E-state index in [-0.39, 0.29) is 12.7 Å². The van der Waals surface area contributed by atoms with E-state index in [0.717, 1.165) is 19.3 Å². The smallest absolute Gasteiger partial charge is 0.377 e. The molecule has 1 atom stereocenters. The van der Waals surface area contributed by atoms with Gasteiger partial charge in [0.2, 0.25) is 0 Å². The molecule has 0 amide bonds. The third-order valence-corrected chi connectivity index (χ3v) is 2.51. The summed E-state index contributed by atoms with van der Waals surface area (Å²) < 4.78 is 42.8. The van der Waals surface area contributed by atoms with E-state index in [1.54, 1.807) is 0 Å². The SMILES string of the molecule is CCCC(CC)OCC(C)(C)C(F)(F)F. The highest BCUT2D eigenvalue weighted by Crippen LogP contribution is 2.37. The molecule has 92 valence electrons. The summed E-state index contributed by atoms with van der Waals surface area (Å²) in [5.41, 5.74) is -1.76. The molecule has 0 N–H and O–H groups in total. The van der Waals surface area contributed by atoms with Gasteiger partial charge in [-0.25, -0.2) is 0 Å². The van der Waals surface area contributed by atoms with Crippen LogP contribution in [0.4, 0.5) is 13.2 Å². The monoisotopic (exact) mass is 226 g/mol. The number of hydrogen-bond donors (Lipinski definition) is 0. The van der Waals surface area contributed by atoms with Gasteiger partial charge >= 0.3 is 6.18 Å². The van der Waals surface area contributed by atoms with Crippen LogP contribution in [0.1, 0.15) is 47.0 Å². The van der Waals surface area contributed by atoms with Gasteiger partial charge in [0.05, 0.1) is 18.1 Å².